The third-order valence-corrected chi connectivity index (χ3v) is 10.1. The minimum absolute atomic E-state index is 0. The Labute approximate surface area is 298 Å². The first kappa shape index (κ1) is 29.3. The van der Waals surface area contributed by atoms with E-state index in [1.807, 2.05) is 69.4 Å². The zero-order chi connectivity index (χ0) is 36.2. The number of imidazole rings is 1. The van der Waals surface area contributed by atoms with Crippen molar-refractivity contribution in [3.05, 3.63) is 108 Å². The third-order valence-electron chi connectivity index (χ3n) is 8.11. The molecule has 5 nitrogen and oxygen atoms in total. The van der Waals surface area contributed by atoms with Crippen LogP contribution in [0, 0.1) is 25.9 Å². The number of benzene rings is 3. The van der Waals surface area contributed by atoms with Crippen LogP contribution in [-0.2, 0) is 20.1 Å². The molecule has 0 aliphatic carbocycles. The smallest absolute Gasteiger partial charge is 0.216 e. The Hall–Kier alpha value is -3.90. The second kappa shape index (κ2) is 13.7. The molecule has 0 amide bonds. The number of rotatable bonds is 5. The third kappa shape index (κ3) is 6.89. The molecule has 0 spiro atoms. The molecular formula is C40H42IrN4OSi-2. The molecule has 47 heavy (non-hydrogen) atoms. The van der Waals surface area contributed by atoms with Crippen LogP contribution in [0.15, 0.2) is 83.4 Å². The summed E-state index contributed by atoms with van der Waals surface area (Å²) in [5.74, 6) is 0.161. The van der Waals surface area contributed by atoms with Crippen LogP contribution in [-0.4, -0.2) is 27.6 Å². The van der Waals surface area contributed by atoms with Gasteiger partial charge in [-0.25, -0.2) is 4.98 Å². The van der Waals surface area contributed by atoms with Gasteiger partial charge in [-0.05, 0) is 61.8 Å². The van der Waals surface area contributed by atoms with Crippen molar-refractivity contribution in [1.82, 2.24) is 19.5 Å². The molecule has 7 rings (SSSR count). The van der Waals surface area contributed by atoms with E-state index in [9.17, 15) is 0 Å². The number of fused-ring (bicyclic) bond motifs is 4. The van der Waals surface area contributed by atoms with Gasteiger partial charge in [0.2, 0.25) is 5.71 Å². The molecule has 4 heterocycles. The summed E-state index contributed by atoms with van der Waals surface area (Å²) in [6.45, 7) is 14.7. The summed E-state index contributed by atoms with van der Waals surface area (Å²) in [5, 5.41) is 3.25. The summed E-state index contributed by atoms with van der Waals surface area (Å²) in [4.78, 5) is 14.0. The van der Waals surface area contributed by atoms with Crippen LogP contribution in [0.2, 0.25) is 19.6 Å². The van der Waals surface area contributed by atoms with Crippen molar-refractivity contribution in [1.29, 1.82) is 0 Å². The number of aromatic nitrogens is 4. The van der Waals surface area contributed by atoms with E-state index >= 15 is 0 Å². The summed E-state index contributed by atoms with van der Waals surface area (Å²) in [6.07, 6.45) is 1.89. The van der Waals surface area contributed by atoms with Crippen molar-refractivity contribution in [3.63, 3.8) is 0 Å². The first-order chi connectivity index (χ1) is 23.4. The van der Waals surface area contributed by atoms with Gasteiger partial charge in [-0.1, -0.05) is 75.1 Å². The normalized spacial score (nSPS) is 13.5. The quantitative estimate of drug-likeness (QED) is 0.128. The van der Waals surface area contributed by atoms with Crippen molar-refractivity contribution >= 4 is 46.4 Å². The maximum atomic E-state index is 8.48. The summed E-state index contributed by atoms with van der Waals surface area (Å²) in [5.41, 5.74) is 8.09. The van der Waals surface area contributed by atoms with Crippen molar-refractivity contribution in [2.45, 2.75) is 73.0 Å². The van der Waals surface area contributed by atoms with E-state index in [-0.39, 0.29) is 31.7 Å². The fourth-order valence-electron chi connectivity index (χ4n) is 5.82. The molecule has 0 saturated heterocycles. The van der Waals surface area contributed by atoms with Gasteiger partial charge in [-0.15, -0.1) is 53.6 Å². The maximum absolute atomic E-state index is 8.48. The van der Waals surface area contributed by atoms with Crippen molar-refractivity contribution < 1.29 is 30.0 Å². The Balaban J connectivity index is 0.000000195. The number of nitrogens with zero attached hydrogens (tertiary/aromatic N) is 4. The molecule has 0 saturated carbocycles. The van der Waals surface area contributed by atoms with E-state index in [1.165, 1.54) is 11.3 Å². The fraction of sp³-hybridized carbons (Fsp3) is 0.275. The van der Waals surface area contributed by atoms with Crippen molar-refractivity contribution in [2.75, 3.05) is 0 Å². The number of para-hydroxylation sites is 2. The van der Waals surface area contributed by atoms with Crippen molar-refractivity contribution in [3.8, 4) is 22.6 Å². The van der Waals surface area contributed by atoms with E-state index in [0.29, 0.717) is 5.71 Å². The molecule has 0 N–H and O–H groups in total. The number of furan rings is 1. The van der Waals surface area contributed by atoms with E-state index in [1.54, 1.807) is 12.1 Å². The van der Waals surface area contributed by atoms with Crippen LogP contribution in [0.5, 0.6) is 0 Å². The van der Waals surface area contributed by atoms with E-state index in [2.05, 4.69) is 72.3 Å². The second-order valence-electron chi connectivity index (χ2n) is 13.2. The molecule has 0 aliphatic rings. The van der Waals surface area contributed by atoms with Crippen LogP contribution in [0.3, 0.4) is 0 Å². The fourth-order valence-corrected chi connectivity index (χ4v) is 7.40. The zero-order valence-electron chi connectivity index (χ0n) is 32.1. The molecule has 0 atom stereocenters. The molecule has 0 unspecified atom stereocenters. The van der Waals surface area contributed by atoms with Gasteiger partial charge in [-0.2, -0.15) is 0 Å². The van der Waals surface area contributed by atoms with Gasteiger partial charge in [0.25, 0.3) is 0 Å². The van der Waals surface area contributed by atoms with Crippen LogP contribution < -0.4 is 5.19 Å². The molecule has 3 aromatic carbocycles. The topological polar surface area (TPSA) is 56.7 Å². The first-order valence-electron chi connectivity index (χ1n) is 17.6. The zero-order valence-corrected chi connectivity index (χ0v) is 31.5. The van der Waals surface area contributed by atoms with Gasteiger partial charge in [0, 0.05) is 48.9 Å². The molecule has 0 aliphatic heterocycles. The molecule has 4 aromatic heterocycles. The van der Waals surface area contributed by atoms with Gasteiger partial charge < -0.3 is 14.0 Å². The number of hydrogen-bond donors (Lipinski definition) is 0. The Morgan fingerprint density at radius 3 is 2.40 bits per heavy atom. The van der Waals surface area contributed by atoms with Crippen LogP contribution in [0.1, 0.15) is 61.9 Å². The average molecular weight is 819 g/mol. The predicted molar refractivity (Wildman–Crippen MR) is 195 cm³/mol. The summed E-state index contributed by atoms with van der Waals surface area (Å²) < 4.78 is 39.2. The number of pyridine rings is 2. The number of aryl methyl sites for hydroxylation is 2. The second-order valence-corrected chi connectivity index (χ2v) is 18.3. The summed E-state index contributed by atoms with van der Waals surface area (Å²) in [6, 6.07) is 29.7. The van der Waals surface area contributed by atoms with E-state index in [4.69, 9.17) is 14.9 Å². The maximum Gasteiger partial charge on any atom is 0.216 e. The van der Waals surface area contributed by atoms with Crippen LogP contribution in [0.25, 0.3) is 55.7 Å². The predicted octanol–water partition coefficient (Wildman–Crippen LogP) is 10.2. The van der Waals surface area contributed by atoms with Gasteiger partial charge in [0.05, 0.1) is 30.5 Å². The molecule has 7 heteroatoms. The van der Waals surface area contributed by atoms with Crippen LogP contribution >= 0.6 is 0 Å². The van der Waals surface area contributed by atoms with Gasteiger partial charge >= 0.3 is 0 Å². The Bertz CT molecular complexity index is 2330. The Kier molecular flexibility index (Phi) is 8.51. The van der Waals surface area contributed by atoms with Gasteiger partial charge in [0.1, 0.15) is 0 Å². The number of hydrogen-bond acceptors (Lipinski definition) is 4. The van der Waals surface area contributed by atoms with Gasteiger partial charge in [0.15, 0.2) is 0 Å². The molecule has 0 bridgehead atoms. The molecular weight excluding hydrogens is 773 g/mol. The molecule has 1 radical (unpaired) electrons. The largest absolute Gasteiger partial charge is 0.486 e. The van der Waals surface area contributed by atoms with Crippen molar-refractivity contribution in [2.24, 2.45) is 0 Å². The van der Waals surface area contributed by atoms with E-state index in [0.717, 1.165) is 61.3 Å². The SMILES string of the molecule is Cc1ccc2c(n1)oc1c(-c3nc4ccccc4n3C(C)C)[c-]ccc12.[2H]C([2H])([2H])c1c[c-]c(-c2cc(C([2H])(C)C)c([Si](C)(C)C)cn2)cc1.[Ir]. The van der Waals surface area contributed by atoms with Crippen LogP contribution in [0.4, 0.5) is 0 Å². The van der Waals surface area contributed by atoms with E-state index < -0.39 is 20.8 Å². The van der Waals surface area contributed by atoms with Gasteiger partial charge in [-0.3, -0.25) is 4.98 Å². The Morgan fingerprint density at radius 2 is 1.72 bits per heavy atom. The summed E-state index contributed by atoms with van der Waals surface area (Å²) >= 11 is 0. The minimum atomic E-state index is -2.13. The summed E-state index contributed by atoms with van der Waals surface area (Å²) in [7, 11) is -1.61. The average Bonchev–Trinajstić information content (AvgIpc) is 3.62. The standard InChI is InChI=1S/C22H18N3O.C18H24NSi.Ir/c1-13(2)25-19-10-5-4-9-18(19)24-21(25)17-8-6-7-15-16-12-11-14(3)23-22(16)26-20(15)17;1-13(2)16-11-17(15-9-7-14(3)8-10-15)19-12-18(16)20(4,5)6;/h4-7,9-13H,1-3H3;7-9,11-13H,1-6H3;/q2*-1;/i;3D3,13D;. The molecule has 0 fully saturated rings. The minimum Gasteiger partial charge on any atom is -0.486 e. The Morgan fingerprint density at radius 1 is 0.936 bits per heavy atom. The molecule has 7 aromatic rings. The molecule has 243 valence electrons. The monoisotopic (exact) mass is 819 g/mol. The first-order valence-corrected chi connectivity index (χ1v) is 19.1.